The number of sulfone groups is 1. The van der Waals surface area contributed by atoms with Crippen molar-refractivity contribution in [1.82, 2.24) is 9.80 Å². The topological polar surface area (TPSA) is 40.6 Å². The number of piperidine rings is 1. The summed E-state index contributed by atoms with van der Waals surface area (Å²) in [5, 5.41) is 0. The predicted octanol–water partition coefficient (Wildman–Crippen LogP) is 1.37. The van der Waals surface area contributed by atoms with Crippen LogP contribution in [-0.4, -0.2) is 68.0 Å². The van der Waals surface area contributed by atoms with Crippen molar-refractivity contribution in [3.8, 4) is 0 Å². The summed E-state index contributed by atoms with van der Waals surface area (Å²) in [6.45, 7) is 8.85. The van der Waals surface area contributed by atoms with E-state index in [0.29, 0.717) is 12.6 Å². The van der Waals surface area contributed by atoms with Gasteiger partial charge in [-0.05, 0) is 52.7 Å². The summed E-state index contributed by atoms with van der Waals surface area (Å²) >= 11 is 0. The van der Waals surface area contributed by atoms with Gasteiger partial charge in [0, 0.05) is 25.4 Å². The van der Waals surface area contributed by atoms with Crippen molar-refractivity contribution >= 4 is 9.84 Å². The molecule has 2 saturated heterocycles. The lowest BCUT2D eigenvalue weighted by Crippen LogP contribution is -2.48. The van der Waals surface area contributed by atoms with Gasteiger partial charge in [0.05, 0.1) is 4.75 Å². The molecule has 112 valence electrons. The van der Waals surface area contributed by atoms with Crippen molar-refractivity contribution in [2.24, 2.45) is 0 Å². The van der Waals surface area contributed by atoms with Gasteiger partial charge in [0.2, 0.25) is 0 Å². The van der Waals surface area contributed by atoms with Crippen LogP contribution in [0, 0.1) is 0 Å². The predicted molar refractivity (Wildman–Crippen MR) is 79.2 cm³/mol. The standard InChI is InChI=1S/C14H28N2O2S/c1-14(2,19(3,17)18)12-15-8-6-10-16-9-5-4-7-13(16)11-15/h13H,4-12H2,1-3H3. The average Bonchev–Trinajstić information content (AvgIpc) is 2.48. The third kappa shape index (κ3) is 3.70. The van der Waals surface area contributed by atoms with Gasteiger partial charge in [-0.3, -0.25) is 4.90 Å². The van der Waals surface area contributed by atoms with Crippen molar-refractivity contribution in [3.05, 3.63) is 0 Å². The van der Waals surface area contributed by atoms with E-state index in [1.165, 1.54) is 38.6 Å². The molecule has 0 radical (unpaired) electrons. The highest BCUT2D eigenvalue weighted by Crippen LogP contribution is 2.23. The summed E-state index contributed by atoms with van der Waals surface area (Å²) in [4.78, 5) is 4.98. The Morgan fingerprint density at radius 3 is 2.47 bits per heavy atom. The minimum absolute atomic E-state index is 0.642. The van der Waals surface area contributed by atoms with E-state index in [9.17, 15) is 8.42 Å². The smallest absolute Gasteiger partial charge is 0.153 e. The van der Waals surface area contributed by atoms with Crippen molar-refractivity contribution in [2.75, 3.05) is 39.0 Å². The number of hydrogen-bond acceptors (Lipinski definition) is 4. The fourth-order valence-corrected chi connectivity index (χ4v) is 3.66. The first-order valence-corrected chi connectivity index (χ1v) is 9.35. The highest BCUT2D eigenvalue weighted by molar-refractivity contribution is 7.92. The van der Waals surface area contributed by atoms with Crippen molar-refractivity contribution < 1.29 is 8.42 Å². The number of nitrogens with zero attached hydrogens (tertiary/aromatic N) is 2. The summed E-state index contributed by atoms with van der Waals surface area (Å²) in [7, 11) is -3.00. The SMILES string of the molecule is CC(C)(CN1CCCN2CCCCC2C1)S(C)(=O)=O. The van der Waals surface area contributed by atoms with Crippen LogP contribution in [-0.2, 0) is 9.84 Å². The number of rotatable bonds is 3. The van der Waals surface area contributed by atoms with Gasteiger partial charge < -0.3 is 4.90 Å². The Labute approximate surface area is 118 Å². The van der Waals surface area contributed by atoms with Crippen LogP contribution in [0.2, 0.25) is 0 Å². The molecule has 0 spiro atoms. The first kappa shape index (κ1) is 15.3. The molecule has 0 aromatic carbocycles. The minimum atomic E-state index is -3.00. The van der Waals surface area contributed by atoms with E-state index in [-0.39, 0.29) is 0 Å². The summed E-state index contributed by atoms with van der Waals surface area (Å²) in [5.74, 6) is 0. The second-order valence-electron chi connectivity index (χ2n) is 6.81. The van der Waals surface area contributed by atoms with E-state index in [2.05, 4.69) is 9.80 Å². The molecular weight excluding hydrogens is 260 g/mol. The molecule has 0 aromatic rings. The van der Waals surface area contributed by atoms with Gasteiger partial charge in [-0.15, -0.1) is 0 Å². The molecule has 2 aliphatic rings. The number of fused-ring (bicyclic) bond motifs is 1. The van der Waals surface area contributed by atoms with Gasteiger partial charge in [0.15, 0.2) is 9.84 Å². The Hall–Kier alpha value is -0.130. The molecule has 2 aliphatic heterocycles. The van der Waals surface area contributed by atoms with Crippen LogP contribution < -0.4 is 0 Å². The number of hydrogen-bond donors (Lipinski definition) is 0. The Morgan fingerprint density at radius 2 is 1.79 bits per heavy atom. The minimum Gasteiger partial charge on any atom is -0.300 e. The Kier molecular flexibility index (Phi) is 4.58. The van der Waals surface area contributed by atoms with E-state index < -0.39 is 14.6 Å². The van der Waals surface area contributed by atoms with Gasteiger partial charge in [0.1, 0.15) is 0 Å². The highest BCUT2D eigenvalue weighted by Gasteiger charge is 2.35. The van der Waals surface area contributed by atoms with Crippen LogP contribution in [0.25, 0.3) is 0 Å². The maximum atomic E-state index is 11.9. The third-order valence-corrected chi connectivity index (χ3v) is 6.88. The van der Waals surface area contributed by atoms with Gasteiger partial charge in [-0.25, -0.2) is 8.42 Å². The fraction of sp³-hybridized carbons (Fsp3) is 1.00. The molecule has 2 rings (SSSR count). The van der Waals surface area contributed by atoms with Crippen molar-refractivity contribution in [1.29, 1.82) is 0 Å². The van der Waals surface area contributed by atoms with E-state index in [4.69, 9.17) is 0 Å². The molecule has 1 unspecified atom stereocenters. The van der Waals surface area contributed by atoms with Gasteiger partial charge in [-0.2, -0.15) is 0 Å². The molecule has 1 atom stereocenters. The second kappa shape index (κ2) is 5.70. The highest BCUT2D eigenvalue weighted by atomic mass is 32.2. The Bertz CT molecular complexity index is 406. The summed E-state index contributed by atoms with van der Waals surface area (Å²) < 4.78 is 23.1. The van der Waals surface area contributed by atoms with E-state index in [1.807, 2.05) is 13.8 Å². The lowest BCUT2D eigenvalue weighted by molar-refractivity contribution is 0.134. The summed E-state index contributed by atoms with van der Waals surface area (Å²) in [5.41, 5.74) is 0. The molecular formula is C14H28N2O2S. The van der Waals surface area contributed by atoms with Crippen LogP contribution in [0.3, 0.4) is 0 Å². The lowest BCUT2D eigenvalue weighted by Gasteiger charge is -2.37. The van der Waals surface area contributed by atoms with Crippen LogP contribution >= 0.6 is 0 Å². The fourth-order valence-electron chi connectivity index (χ4n) is 3.25. The molecule has 2 heterocycles. The quantitative estimate of drug-likeness (QED) is 0.786. The Morgan fingerprint density at radius 1 is 1.11 bits per heavy atom. The van der Waals surface area contributed by atoms with Gasteiger partial charge in [0.25, 0.3) is 0 Å². The van der Waals surface area contributed by atoms with Gasteiger partial charge >= 0.3 is 0 Å². The van der Waals surface area contributed by atoms with Crippen LogP contribution in [0.5, 0.6) is 0 Å². The second-order valence-corrected chi connectivity index (χ2v) is 9.46. The van der Waals surface area contributed by atoms with E-state index in [1.54, 1.807) is 0 Å². The normalized spacial score (nSPS) is 27.8. The molecule has 4 nitrogen and oxygen atoms in total. The van der Waals surface area contributed by atoms with E-state index in [0.717, 1.165) is 19.5 Å². The largest absolute Gasteiger partial charge is 0.300 e. The molecule has 0 aliphatic carbocycles. The van der Waals surface area contributed by atoms with Crippen molar-refractivity contribution in [2.45, 2.75) is 50.3 Å². The summed E-state index contributed by atoms with van der Waals surface area (Å²) in [6.07, 6.45) is 6.44. The monoisotopic (exact) mass is 288 g/mol. The first-order valence-electron chi connectivity index (χ1n) is 7.46. The molecule has 2 fully saturated rings. The molecule has 0 N–H and O–H groups in total. The van der Waals surface area contributed by atoms with Crippen molar-refractivity contribution in [3.63, 3.8) is 0 Å². The maximum absolute atomic E-state index is 11.9. The lowest BCUT2D eigenvalue weighted by atomic mass is 10.0. The van der Waals surface area contributed by atoms with E-state index >= 15 is 0 Å². The zero-order valence-electron chi connectivity index (χ0n) is 12.6. The molecule has 0 bridgehead atoms. The zero-order chi connectivity index (χ0) is 14.1. The maximum Gasteiger partial charge on any atom is 0.153 e. The molecule has 0 aromatic heterocycles. The molecule has 0 amide bonds. The average molecular weight is 288 g/mol. The molecule has 5 heteroatoms. The van der Waals surface area contributed by atoms with Crippen LogP contribution in [0.1, 0.15) is 39.5 Å². The van der Waals surface area contributed by atoms with Crippen LogP contribution in [0.4, 0.5) is 0 Å². The van der Waals surface area contributed by atoms with Crippen LogP contribution in [0.15, 0.2) is 0 Å². The molecule has 0 saturated carbocycles. The first-order chi connectivity index (χ1) is 8.79. The Balaban J connectivity index is 2.01. The molecule has 19 heavy (non-hydrogen) atoms. The zero-order valence-corrected chi connectivity index (χ0v) is 13.4. The third-order valence-electron chi connectivity index (χ3n) is 4.75. The van der Waals surface area contributed by atoms with Gasteiger partial charge in [-0.1, -0.05) is 6.42 Å². The summed E-state index contributed by atoms with van der Waals surface area (Å²) in [6, 6.07) is 0.645.